The number of halogens is 4. The number of aromatic nitrogens is 1. The highest BCUT2D eigenvalue weighted by Gasteiger charge is 2.33. The summed E-state index contributed by atoms with van der Waals surface area (Å²) in [7, 11) is 0. The molecule has 0 saturated heterocycles. The number of amides is 2. The van der Waals surface area contributed by atoms with E-state index in [1.807, 2.05) is 30.3 Å². The highest BCUT2D eigenvalue weighted by atomic mass is 35.5. The lowest BCUT2D eigenvalue weighted by atomic mass is 9.99. The van der Waals surface area contributed by atoms with Crippen molar-refractivity contribution < 1.29 is 27.5 Å². The molecule has 0 spiro atoms. The van der Waals surface area contributed by atoms with E-state index in [2.05, 4.69) is 20.4 Å². The van der Waals surface area contributed by atoms with Crippen molar-refractivity contribution >= 4 is 34.3 Å². The molecule has 0 radical (unpaired) electrons. The predicted octanol–water partition coefficient (Wildman–Crippen LogP) is 6.78. The number of aromatic amines is 1. The van der Waals surface area contributed by atoms with Crippen LogP contribution in [0.4, 0.5) is 13.2 Å². The monoisotopic (exact) mass is 582 g/mol. The van der Waals surface area contributed by atoms with Crippen LogP contribution in [0.5, 0.6) is 5.75 Å². The Hall–Kier alpha value is -4.49. The van der Waals surface area contributed by atoms with Crippen molar-refractivity contribution in [3.8, 4) is 22.9 Å². The molecule has 1 unspecified atom stereocenters. The number of rotatable bonds is 9. The number of nitrogens with one attached hydrogen (secondary N) is 3. The third-order valence-electron chi connectivity index (χ3n) is 6.23. The molecular weight excluding hydrogens is 557 g/mol. The molecule has 4 aromatic rings. The Labute approximate surface area is 239 Å². The van der Waals surface area contributed by atoms with Crippen LogP contribution in [0, 0.1) is 11.3 Å². The van der Waals surface area contributed by atoms with Crippen LogP contribution in [0.1, 0.15) is 46.5 Å². The van der Waals surface area contributed by atoms with Gasteiger partial charge in [-0.3, -0.25) is 9.59 Å². The zero-order chi connectivity index (χ0) is 29.7. The first-order chi connectivity index (χ1) is 19.4. The molecule has 2 amide bonds. The number of ether oxygens (including phenoxy) is 1. The van der Waals surface area contributed by atoms with Gasteiger partial charge in [-0.05, 0) is 67.3 Å². The fourth-order valence-corrected chi connectivity index (χ4v) is 4.70. The molecule has 0 bridgehead atoms. The number of para-hydroxylation sites is 1. The average molecular weight is 583 g/mol. The van der Waals surface area contributed by atoms with Crippen molar-refractivity contribution in [3.05, 3.63) is 88.6 Å². The second-order valence-corrected chi connectivity index (χ2v) is 10.1. The van der Waals surface area contributed by atoms with E-state index in [-0.39, 0.29) is 40.9 Å². The van der Waals surface area contributed by atoms with E-state index in [1.54, 1.807) is 26.1 Å². The number of hydrogen-bond donors (Lipinski definition) is 3. The van der Waals surface area contributed by atoms with Gasteiger partial charge in [0.2, 0.25) is 0 Å². The third kappa shape index (κ3) is 7.38. The molecular formula is C30H26ClF3N4O3. The Morgan fingerprint density at radius 1 is 1.00 bits per heavy atom. The zero-order valence-electron chi connectivity index (χ0n) is 22.1. The Morgan fingerprint density at radius 3 is 2.37 bits per heavy atom. The number of carbonyl (C=O) groups is 2. The van der Waals surface area contributed by atoms with E-state index < -0.39 is 24.1 Å². The van der Waals surface area contributed by atoms with Crippen molar-refractivity contribution in [1.29, 1.82) is 5.26 Å². The van der Waals surface area contributed by atoms with Crippen molar-refractivity contribution in [2.24, 2.45) is 0 Å². The molecule has 212 valence electrons. The molecule has 0 aliphatic rings. The van der Waals surface area contributed by atoms with Crippen LogP contribution < -0.4 is 15.4 Å². The van der Waals surface area contributed by atoms with Crippen LogP contribution in [0.2, 0.25) is 5.02 Å². The summed E-state index contributed by atoms with van der Waals surface area (Å²) in [6.07, 6.45) is -3.07. The Bertz CT molecular complexity index is 1630. The quantitative estimate of drug-likeness (QED) is 0.202. The number of nitrogens with zero attached hydrogens (tertiary/aromatic N) is 1. The van der Waals surface area contributed by atoms with Gasteiger partial charge in [0.15, 0.2) is 0 Å². The number of carbonyl (C=O) groups excluding carboxylic acids is 2. The van der Waals surface area contributed by atoms with Crippen LogP contribution in [-0.2, 0) is 6.42 Å². The van der Waals surface area contributed by atoms with Crippen LogP contribution in [0.3, 0.4) is 0 Å². The maximum Gasteiger partial charge on any atom is 0.573 e. The van der Waals surface area contributed by atoms with E-state index in [4.69, 9.17) is 11.6 Å². The minimum Gasteiger partial charge on any atom is -0.405 e. The summed E-state index contributed by atoms with van der Waals surface area (Å²) in [5, 5.41) is 15.9. The molecule has 1 aromatic heterocycles. The fraction of sp³-hybridized carbons (Fsp3) is 0.233. The highest BCUT2D eigenvalue weighted by molar-refractivity contribution is 6.34. The lowest BCUT2D eigenvalue weighted by molar-refractivity contribution is -0.274. The van der Waals surface area contributed by atoms with Gasteiger partial charge in [-0.25, -0.2) is 0 Å². The number of alkyl halides is 3. The fourth-order valence-electron chi connectivity index (χ4n) is 4.43. The second kappa shape index (κ2) is 12.4. The Kier molecular flexibility index (Phi) is 8.89. The largest absolute Gasteiger partial charge is 0.573 e. The number of benzene rings is 3. The summed E-state index contributed by atoms with van der Waals surface area (Å²) in [5.41, 5.74) is 2.42. The SMILES string of the molecule is CC(C)NC(=O)c1ccc(-c2ccc(OC(F)(F)F)c(C(=O)NC(CC#N)Cc3c[nH]c4ccccc34)c2)cc1Cl. The van der Waals surface area contributed by atoms with Gasteiger partial charge in [0.1, 0.15) is 5.75 Å². The van der Waals surface area contributed by atoms with Crippen molar-refractivity contribution in [2.75, 3.05) is 0 Å². The van der Waals surface area contributed by atoms with Gasteiger partial charge < -0.3 is 20.4 Å². The third-order valence-corrected chi connectivity index (χ3v) is 6.54. The average Bonchev–Trinajstić information content (AvgIpc) is 3.30. The van der Waals surface area contributed by atoms with E-state index in [9.17, 15) is 28.0 Å². The molecule has 0 aliphatic carbocycles. The number of H-pyrrole nitrogens is 1. The van der Waals surface area contributed by atoms with Crippen LogP contribution in [0.15, 0.2) is 66.9 Å². The van der Waals surface area contributed by atoms with Crippen molar-refractivity contribution in [2.45, 2.75) is 45.1 Å². The van der Waals surface area contributed by atoms with Gasteiger partial charge in [0.05, 0.1) is 28.6 Å². The van der Waals surface area contributed by atoms with Crippen LogP contribution >= 0.6 is 11.6 Å². The first kappa shape index (κ1) is 29.5. The normalized spacial score (nSPS) is 12.1. The van der Waals surface area contributed by atoms with Crippen LogP contribution in [-0.4, -0.2) is 35.2 Å². The lowest BCUT2D eigenvalue weighted by Gasteiger charge is -2.19. The van der Waals surface area contributed by atoms with Gasteiger partial charge in [-0.2, -0.15) is 5.26 Å². The lowest BCUT2D eigenvalue weighted by Crippen LogP contribution is -2.36. The standard InChI is InChI=1S/C30H26ClF3N4O3/c1-17(2)37-28(39)23-9-7-19(15-25(23)31)18-8-10-27(41-30(32,33)34)24(14-18)29(40)38-21(11-12-35)13-20-16-36-26-6-4-3-5-22(20)26/h3-10,14-17,21,36H,11,13H2,1-2H3,(H,37,39)(H,38,40). The minimum absolute atomic E-state index is 0.0735. The summed E-state index contributed by atoms with van der Waals surface area (Å²) in [4.78, 5) is 28.9. The molecule has 1 heterocycles. The van der Waals surface area contributed by atoms with Crippen molar-refractivity contribution in [3.63, 3.8) is 0 Å². The van der Waals surface area contributed by atoms with Gasteiger partial charge in [-0.15, -0.1) is 13.2 Å². The molecule has 7 nitrogen and oxygen atoms in total. The molecule has 41 heavy (non-hydrogen) atoms. The summed E-state index contributed by atoms with van der Waals surface area (Å²) >= 11 is 6.34. The summed E-state index contributed by atoms with van der Waals surface area (Å²) in [5.74, 6) is -1.91. The van der Waals surface area contributed by atoms with Gasteiger partial charge in [-0.1, -0.05) is 41.9 Å². The molecule has 4 rings (SSSR count). The number of fused-ring (bicyclic) bond motifs is 1. The highest BCUT2D eigenvalue weighted by Crippen LogP contribution is 2.33. The topological polar surface area (TPSA) is 107 Å². The molecule has 0 aliphatic heterocycles. The maximum atomic E-state index is 13.4. The number of hydrogen-bond acceptors (Lipinski definition) is 4. The first-order valence-electron chi connectivity index (χ1n) is 12.7. The van der Waals surface area contributed by atoms with E-state index >= 15 is 0 Å². The summed E-state index contributed by atoms with van der Waals surface area (Å²) in [6.45, 7) is 3.61. The maximum absolute atomic E-state index is 13.4. The predicted molar refractivity (Wildman–Crippen MR) is 150 cm³/mol. The summed E-state index contributed by atoms with van der Waals surface area (Å²) < 4.78 is 43.7. The molecule has 11 heteroatoms. The Morgan fingerprint density at radius 2 is 1.68 bits per heavy atom. The molecule has 3 aromatic carbocycles. The molecule has 0 saturated carbocycles. The molecule has 3 N–H and O–H groups in total. The van der Waals surface area contributed by atoms with Crippen molar-refractivity contribution in [1.82, 2.24) is 15.6 Å². The van der Waals surface area contributed by atoms with E-state index in [0.717, 1.165) is 22.5 Å². The zero-order valence-corrected chi connectivity index (χ0v) is 22.9. The molecule has 0 fully saturated rings. The van der Waals surface area contributed by atoms with Gasteiger partial charge >= 0.3 is 6.36 Å². The van der Waals surface area contributed by atoms with Gasteiger partial charge in [0.25, 0.3) is 11.8 Å². The number of nitriles is 1. The minimum atomic E-state index is -5.04. The van der Waals surface area contributed by atoms with Gasteiger partial charge in [0, 0.05) is 29.2 Å². The second-order valence-electron chi connectivity index (χ2n) is 9.68. The smallest absolute Gasteiger partial charge is 0.405 e. The molecule has 1 atom stereocenters. The first-order valence-corrected chi connectivity index (χ1v) is 13.1. The summed E-state index contributed by atoms with van der Waals surface area (Å²) in [6, 6.07) is 17.0. The van der Waals surface area contributed by atoms with E-state index in [0.29, 0.717) is 11.1 Å². The van der Waals surface area contributed by atoms with E-state index in [1.165, 1.54) is 24.3 Å². The van der Waals surface area contributed by atoms with Crippen LogP contribution in [0.25, 0.3) is 22.0 Å². The Balaban J connectivity index is 1.65.